The Kier molecular flexibility index (Phi) is 20.1. The highest BCUT2D eigenvalue weighted by Gasteiger charge is 2.50. The van der Waals surface area contributed by atoms with Crippen LogP contribution in [0.3, 0.4) is 0 Å². The number of amides is 2. The molecule has 3 rings (SSSR count). The third-order valence-corrected chi connectivity index (χ3v) is 12.9. The summed E-state index contributed by atoms with van der Waals surface area (Å²) in [6, 6.07) is 0. The lowest BCUT2D eigenvalue weighted by atomic mass is 9.87. The first-order valence-corrected chi connectivity index (χ1v) is 24.2. The average molecular weight is 938 g/mol. The second-order valence-corrected chi connectivity index (χ2v) is 19.7. The van der Waals surface area contributed by atoms with Crippen LogP contribution in [0.2, 0.25) is 0 Å². The van der Waals surface area contributed by atoms with Gasteiger partial charge in [0.15, 0.2) is 22.8 Å². The van der Waals surface area contributed by atoms with E-state index in [1.54, 1.807) is 0 Å². The number of thioether (sulfide) groups is 1. The lowest BCUT2D eigenvalue weighted by Gasteiger charge is -2.30. The summed E-state index contributed by atoms with van der Waals surface area (Å²) in [6.45, 7) is 2.52. The molecule has 2 aromatic rings. The molecular formula is C31H54N7O18P3S. The molecule has 29 heteroatoms. The fourth-order valence-corrected chi connectivity index (χ4v) is 9.13. The topological polar surface area (TPSA) is 384 Å². The summed E-state index contributed by atoms with van der Waals surface area (Å²) < 4.78 is 62.2. The Bertz CT molecular complexity index is 1890. The van der Waals surface area contributed by atoms with Crippen molar-refractivity contribution in [1.29, 1.82) is 0 Å². The quantitative estimate of drug-likeness (QED) is 0.0437. The molecule has 0 saturated carbocycles. The van der Waals surface area contributed by atoms with Crippen molar-refractivity contribution in [1.82, 2.24) is 30.2 Å². The van der Waals surface area contributed by atoms with Gasteiger partial charge in [0.2, 0.25) is 11.8 Å². The van der Waals surface area contributed by atoms with Crippen LogP contribution in [-0.4, -0.2) is 134 Å². The number of phosphoric acid groups is 3. The Morgan fingerprint density at radius 1 is 0.983 bits per heavy atom. The van der Waals surface area contributed by atoms with Crippen LogP contribution in [0.5, 0.6) is 0 Å². The maximum absolute atomic E-state index is 12.7. The van der Waals surface area contributed by atoms with Gasteiger partial charge in [0.1, 0.15) is 36.3 Å². The van der Waals surface area contributed by atoms with Crippen LogP contribution in [0.4, 0.5) is 5.82 Å². The molecule has 8 atom stereocenters. The molecule has 8 unspecified atom stereocenters. The van der Waals surface area contributed by atoms with Gasteiger partial charge < -0.3 is 56.0 Å². The van der Waals surface area contributed by atoms with E-state index in [4.69, 9.17) is 19.5 Å². The number of phosphoric ester groups is 3. The van der Waals surface area contributed by atoms with E-state index in [1.165, 1.54) is 13.8 Å². The molecule has 3 heterocycles. The molecule has 342 valence electrons. The van der Waals surface area contributed by atoms with E-state index in [0.29, 0.717) is 18.6 Å². The summed E-state index contributed by atoms with van der Waals surface area (Å²) in [5.41, 5.74) is 4.25. The number of carbonyl (C=O) groups is 3. The predicted molar refractivity (Wildman–Crippen MR) is 211 cm³/mol. The monoisotopic (exact) mass is 937 g/mol. The van der Waals surface area contributed by atoms with Crippen LogP contribution >= 0.6 is 35.2 Å². The van der Waals surface area contributed by atoms with Crippen LogP contribution in [0, 0.1) is 5.41 Å². The number of imidazole rings is 1. The van der Waals surface area contributed by atoms with E-state index in [9.17, 15) is 63.0 Å². The average Bonchev–Trinajstić information content (AvgIpc) is 3.72. The number of ether oxygens (including phenoxy) is 1. The largest absolute Gasteiger partial charge is 0.481 e. The Morgan fingerprint density at radius 2 is 1.68 bits per heavy atom. The lowest BCUT2D eigenvalue weighted by molar-refractivity contribution is -0.137. The van der Waals surface area contributed by atoms with Crippen LogP contribution in [0.1, 0.15) is 78.4 Å². The van der Waals surface area contributed by atoms with E-state index < -0.39 is 90.7 Å². The summed E-state index contributed by atoms with van der Waals surface area (Å²) in [5.74, 6) is -1.18. The zero-order valence-corrected chi connectivity index (χ0v) is 36.5. The van der Waals surface area contributed by atoms with Gasteiger partial charge in [-0.2, -0.15) is 4.31 Å². The lowest BCUT2D eigenvalue weighted by Crippen LogP contribution is -2.46. The Balaban J connectivity index is 1.42. The second-order valence-electron chi connectivity index (χ2n) is 14.3. The van der Waals surface area contributed by atoms with Crippen molar-refractivity contribution in [2.45, 2.75) is 109 Å². The van der Waals surface area contributed by atoms with Gasteiger partial charge in [-0.1, -0.05) is 58.2 Å². The third kappa shape index (κ3) is 17.0. The molecule has 0 spiro atoms. The molecule has 2 aromatic heterocycles. The molecule has 1 saturated heterocycles. The predicted octanol–water partition coefficient (Wildman–Crippen LogP) is 0.776. The Morgan fingerprint density at radius 3 is 2.37 bits per heavy atom. The highest BCUT2D eigenvalue weighted by molar-refractivity contribution is 8.13. The number of unbranched alkanes of at least 4 members (excludes halogenated alkanes) is 3. The normalized spacial score (nSPS) is 21.6. The van der Waals surface area contributed by atoms with E-state index >= 15 is 0 Å². The van der Waals surface area contributed by atoms with Gasteiger partial charge in [-0.25, -0.2) is 28.6 Å². The van der Waals surface area contributed by atoms with Crippen LogP contribution in [0.15, 0.2) is 12.7 Å². The number of aliphatic hydroxyl groups is 3. The van der Waals surface area contributed by atoms with Gasteiger partial charge in [0.05, 0.1) is 25.6 Å². The minimum absolute atomic E-state index is 0.0276. The van der Waals surface area contributed by atoms with E-state index in [1.807, 2.05) is 0 Å². The van der Waals surface area contributed by atoms with Gasteiger partial charge >= 0.3 is 23.5 Å². The second kappa shape index (κ2) is 23.3. The summed E-state index contributed by atoms with van der Waals surface area (Å²) in [6.07, 6.45) is -2.10. The number of hydrogen-bond donors (Lipinski definition) is 10. The van der Waals surface area contributed by atoms with E-state index in [-0.39, 0.29) is 48.0 Å². The molecule has 11 N–H and O–H groups in total. The van der Waals surface area contributed by atoms with Crippen molar-refractivity contribution in [2.24, 2.45) is 5.41 Å². The van der Waals surface area contributed by atoms with Crippen LogP contribution in [0.25, 0.3) is 11.2 Å². The van der Waals surface area contributed by atoms with E-state index in [2.05, 4.69) is 41.3 Å². The Hall–Kier alpha value is -2.48. The highest BCUT2D eigenvalue weighted by atomic mass is 32.2. The van der Waals surface area contributed by atoms with Gasteiger partial charge in [0.25, 0.3) is 0 Å². The first-order chi connectivity index (χ1) is 27.9. The van der Waals surface area contributed by atoms with Crippen molar-refractivity contribution >= 4 is 69.1 Å². The maximum Gasteiger partial charge on any atom is 0.481 e. The molecule has 1 fully saturated rings. The van der Waals surface area contributed by atoms with Crippen molar-refractivity contribution in [2.75, 3.05) is 37.8 Å². The van der Waals surface area contributed by atoms with Crippen LogP contribution < -0.4 is 16.4 Å². The molecule has 25 nitrogen and oxygen atoms in total. The fraction of sp³-hybridized carbons (Fsp3) is 0.742. The fourth-order valence-electron chi connectivity index (χ4n) is 5.60. The highest BCUT2D eigenvalue weighted by Crippen LogP contribution is 2.61. The van der Waals surface area contributed by atoms with Crippen molar-refractivity contribution in [3.8, 4) is 0 Å². The van der Waals surface area contributed by atoms with Crippen molar-refractivity contribution in [3.05, 3.63) is 12.7 Å². The van der Waals surface area contributed by atoms with Crippen LogP contribution in [-0.2, 0) is 50.7 Å². The number of fused-ring (bicyclic) bond motifs is 1. The number of carbonyl (C=O) groups excluding carboxylic acids is 3. The number of hydrogen-bond acceptors (Lipinski definition) is 19. The molecule has 2 amide bonds. The summed E-state index contributed by atoms with van der Waals surface area (Å²) in [4.78, 5) is 87.9. The van der Waals surface area contributed by atoms with Crippen molar-refractivity contribution < 1.29 is 85.6 Å². The standard InChI is InChI=1S/C31H54N7O18P3S/c1-4-5-6-7-8-19(39)9-10-22(41)60-14-13-33-21(40)11-12-34-29(44)26(43)31(2,3)16-53-59(50,51)56-58(48,49)52-15-20-25(55-57(45,46)47)24(42)30(54-20)38-18-37-23-27(32)35-17-36-28(23)38/h17-20,24-26,30,39,42-43H,4-16H2,1-3H3,(H,33,40)(H,34,44)(H,48,49)(H,50,51)(H2,32,35,36)(H2,45,46,47). The molecule has 0 radical (unpaired) electrons. The number of nitrogens with two attached hydrogens (primary N) is 1. The minimum Gasteiger partial charge on any atom is -0.393 e. The smallest absolute Gasteiger partial charge is 0.393 e. The first kappa shape index (κ1) is 51.9. The van der Waals surface area contributed by atoms with Gasteiger partial charge in [0, 0.05) is 37.1 Å². The number of nitrogen functional groups attached to an aromatic ring is 1. The summed E-state index contributed by atoms with van der Waals surface area (Å²) in [5, 5.41) is 36.3. The first-order valence-electron chi connectivity index (χ1n) is 18.7. The number of nitrogens with one attached hydrogen (secondary N) is 2. The third-order valence-electron chi connectivity index (χ3n) is 8.84. The van der Waals surface area contributed by atoms with E-state index in [0.717, 1.165) is 54.7 Å². The minimum atomic E-state index is -5.58. The number of aromatic nitrogens is 4. The molecule has 1 aliphatic rings. The molecule has 0 aliphatic carbocycles. The Labute approximate surface area is 348 Å². The summed E-state index contributed by atoms with van der Waals surface area (Å²) >= 11 is 1.03. The van der Waals surface area contributed by atoms with Crippen molar-refractivity contribution in [3.63, 3.8) is 0 Å². The molecular weight excluding hydrogens is 883 g/mol. The summed E-state index contributed by atoms with van der Waals surface area (Å²) in [7, 11) is -16.4. The number of aliphatic hydroxyl groups excluding tert-OH is 3. The van der Waals surface area contributed by atoms with Gasteiger partial charge in [-0.15, -0.1) is 0 Å². The molecule has 60 heavy (non-hydrogen) atoms. The number of nitrogens with zero attached hydrogens (tertiary/aromatic N) is 4. The maximum atomic E-state index is 12.7. The zero-order valence-electron chi connectivity index (χ0n) is 33.0. The van der Waals surface area contributed by atoms with Gasteiger partial charge in [-0.05, 0) is 12.8 Å². The molecule has 1 aliphatic heterocycles. The number of anilines is 1. The SMILES string of the molecule is CCCCCCC(O)CCC(=O)SCCNC(=O)CCNC(=O)C(O)C(C)(C)COP(=O)(O)OP(=O)(O)OCC1OC(n2cnc3c(N)ncnc32)C(O)C1OP(=O)(O)O. The molecule has 0 aromatic carbocycles. The zero-order chi connectivity index (χ0) is 44.9. The number of rotatable bonds is 27. The molecule has 0 bridgehead atoms. The van der Waals surface area contributed by atoms with Gasteiger partial charge in [-0.3, -0.25) is 32.5 Å².